The molecule has 30 nitrogen and oxygen atoms in total. The van der Waals surface area contributed by atoms with Gasteiger partial charge in [-0.3, -0.25) is 28.8 Å². The topological polar surface area (TPSA) is 349 Å². The van der Waals surface area contributed by atoms with Crippen molar-refractivity contribution in [2.45, 2.75) is 167 Å². The molecule has 104 heavy (non-hydrogen) atoms. The smallest absolute Gasteiger partial charge is 0.416 e. The molecule has 6 amide bonds. The summed E-state index contributed by atoms with van der Waals surface area (Å²) in [6.45, 7) is 14.9. The van der Waals surface area contributed by atoms with Crippen LogP contribution in [0.1, 0.15) is 179 Å². The molecule has 6 aliphatic heterocycles. The van der Waals surface area contributed by atoms with E-state index in [1.54, 1.807) is 65.2 Å². The summed E-state index contributed by atoms with van der Waals surface area (Å²) in [5, 5.41) is 14.5. The maximum absolute atomic E-state index is 14.2. The van der Waals surface area contributed by atoms with Crippen molar-refractivity contribution >= 4 is 87.4 Å². The molecule has 0 aliphatic carbocycles. The number of H-pyrrole nitrogens is 1. The zero-order valence-electron chi connectivity index (χ0n) is 59.3. The molecule has 9 heterocycles. The minimum Gasteiger partial charge on any atom is -0.493 e. The molecule has 6 aliphatic rings. The number of aromatic carboxylic acids is 1. The summed E-state index contributed by atoms with van der Waals surface area (Å²) >= 11 is 0. The number of aromatic nitrogens is 6. The maximum atomic E-state index is 14.2. The van der Waals surface area contributed by atoms with E-state index in [-0.39, 0.29) is 110 Å². The minimum atomic E-state index is -1.20. The van der Waals surface area contributed by atoms with Gasteiger partial charge in [-0.25, -0.2) is 39.1 Å². The molecule has 12 rings (SSSR count). The Morgan fingerprint density at radius 1 is 0.635 bits per heavy atom. The second-order valence-electron chi connectivity index (χ2n) is 26.5. The van der Waals surface area contributed by atoms with Gasteiger partial charge < -0.3 is 77.6 Å². The van der Waals surface area contributed by atoms with Crippen LogP contribution >= 0.6 is 0 Å². The van der Waals surface area contributed by atoms with Gasteiger partial charge in [0.1, 0.15) is 24.7 Å². The lowest BCUT2D eigenvalue weighted by molar-refractivity contribution is -0.199. The third-order valence-electron chi connectivity index (χ3n) is 18.8. The molecule has 4 fully saturated rings. The van der Waals surface area contributed by atoms with E-state index in [2.05, 4.69) is 43.7 Å². The number of piperidine rings is 2. The van der Waals surface area contributed by atoms with Gasteiger partial charge in [-0.15, -0.1) is 0 Å². The molecule has 6 aromatic rings. The summed E-state index contributed by atoms with van der Waals surface area (Å²) in [6.07, 6.45) is 12.6. The fourth-order valence-corrected chi connectivity index (χ4v) is 13.8. The first-order valence-corrected chi connectivity index (χ1v) is 35.5. The van der Waals surface area contributed by atoms with Gasteiger partial charge >= 0.3 is 18.2 Å². The molecule has 3 aromatic carbocycles. The number of hydrogen-bond donors (Lipinski definition) is 4. The minimum absolute atomic E-state index is 0.0208. The number of anilines is 4. The number of carboxylic acid groups (broad SMARTS) is 1. The van der Waals surface area contributed by atoms with E-state index in [4.69, 9.17) is 43.0 Å². The van der Waals surface area contributed by atoms with Crippen LogP contribution in [0.2, 0.25) is 0 Å². The summed E-state index contributed by atoms with van der Waals surface area (Å²) in [7, 11) is 3.21. The van der Waals surface area contributed by atoms with Gasteiger partial charge in [0, 0.05) is 91.1 Å². The fourth-order valence-electron chi connectivity index (χ4n) is 13.8. The van der Waals surface area contributed by atoms with Crippen molar-refractivity contribution in [3.05, 3.63) is 125 Å². The molecule has 0 spiro atoms. The highest BCUT2D eigenvalue weighted by molar-refractivity contribution is 6.07. The number of hydrogen-bond acceptors (Lipinski definition) is 20. The summed E-state index contributed by atoms with van der Waals surface area (Å²) in [5.41, 5.74) is 4.71. The third kappa shape index (κ3) is 17.7. The molecule has 0 bridgehead atoms. The first-order chi connectivity index (χ1) is 50.2. The Balaban J connectivity index is 0.000000214. The SMILES string of the molecule is C=CCOC(=O)N1c2cc(OCCCC(=O)Nc3cn(C)c(C(=O)Cc4ccc5nc(C(C)=O)[nH]c5c4)n3)c(C)cc2C(=O)N2CCCC[C@H]2C1OC1CCCCO1.C=CCOC(=O)N1c2cc(OCCCC(=O)Nc3cn(C)c(C(=O)O)n3)c(C)cc2C(=O)N2CCCC[C@H]2C1OC1CCCCO1. The first-order valence-electron chi connectivity index (χ1n) is 35.5. The molecular weight excluding hydrogens is 1340 g/mol. The van der Waals surface area contributed by atoms with Gasteiger partial charge in [-0.1, -0.05) is 31.4 Å². The highest BCUT2D eigenvalue weighted by atomic mass is 16.7. The van der Waals surface area contributed by atoms with Crippen LogP contribution < -0.4 is 29.9 Å². The van der Waals surface area contributed by atoms with Gasteiger partial charge in [0.2, 0.25) is 23.4 Å². The highest BCUT2D eigenvalue weighted by Gasteiger charge is 2.49. The number of aromatic amines is 1. The summed E-state index contributed by atoms with van der Waals surface area (Å²) in [4.78, 5) is 139. The molecule has 4 N–H and O–H groups in total. The number of carbonyl (C=O) groups is 9. The Morgan fingerprint density at radius 3 is 1.57 bits per heavy atom. The Bertz CT molecular complexity index is 4210. The number of ether oxygens (including phenoxy) is 8. The van der Waals surface area contributed by atoms with Crippen LogP contribution in [0, 0.1) is 13.8 Å². The van der Waals surface area contributed by atoms with Gasteiger partial charge in [-0.2, -0.15) is 0 Å². The molecule has 0 saturated carbocycles. The van der Waals surface area contributed by atoms with Crippen LogP contribution in [-0.2, 0) is 58.5 Å². The first kappa shape index (κ1) is 74.9. The van der Waals surface area contributed by atoms with Crippen molar-refractivity contribution < 1.29 is 86.2 Å². The summed E-state index contributed by atoms with van der Waals surface area (Å²) in [6, 6.07) is 11.3. The van der Waals surface area contributed by atoms with Gasteiger partial charge in [0.15, 0.2) is 54.1 Å². The average molecular weight is 1440 g/mol. The maximum Gasteiger partial charge on any atom is 0.416 e. The normalized spacial score (nSPS) is 20.0. The zero-order chi connectivity index (χ0) is 73.7. The van der Waals surface area contributed by atoms with Crippen LogP contribution in [0.5, 0.6) is 11.5 Å². The number of nitrogens with zero attached hydrogens (tertiary/aromatic N) is 9. The molecule has 4 unspecified atom stereocenters. The lowest BCUT2D eigenvalue weighted by Gasteiger charge is -2.42. The predicted molar refractivity (Wildman–Crippen MR) is 379 cm³/mol. The third-order valence-corrected chi connectivity index (χ3v) is 18.8. The molecule has 554 valence electrons. The Hall–Kier alpha value is -10.3. The monoisotopic (exact) mass is 1430 g/mol. The summed E-state index contributed by atoms with van der Waals surface area (Å²) < 4.78 is 51.2. The number of ketones is 2. The molecule has 30 heteroatoms. The van der Waals surface area contributed by atoms with Crippen molar-refractivity contribution in [3.63, 3.8) is 0 Å². The van der Waals surface area contributed by atoms with E-state index in [0.29, 0.717) is 121 Å². The number of aryl methyl sites for hydroxylation is 4. The van der Waals surface area contributed by atoms with Crippen LogP contribution in [0.15, 0.2) is 80.2 Å². The Kier molecular flexibility index (Phi) is 24.7. The number of benzene rings is 3. The number of rotatable bonds is 25. The molecular formula is C74H90N12O18. The summed E-state index contributed by atoms with van der Waals surface area (Å²) in [5.74, 6) is -1.14. The fraction of sp³-hybridized carbons (Fsp3) is 0.486. The number of imidazole rings is 3. The Labute approximate surface area is 601 Å². The van der Waals surface area contributed by atoms with E-state index in [0.717, 1.165) is 56.9 Å². The van der Waals surface area contributed by atoms with Crippen molar-refractivity contribution in [2.75, 3.05) is 73.2 Å². The van der Waals surface area contributed by atoms with E-state index in [9.17, 15) is 43.2 Å². The predicted octanol–water partition coefficient (Wildman–Crippen LogP) is 10.3. The van der Waals surface area contributed by atoms with Crippen molar-refractivity contribution in [2.24, 2.45) is 14.1 Å². The van der Waals surface area contributed by atoms with Crippen molar-refractivity contribution in [1.82, 2.24) is 38.9 Å². The van der Waals surface area contributed by atoms with E-state index in [1.165, 1.54) is 46.7 Å². The number of amides is 6. The van der Waals surface area contributed by atoms with Crippen LogP contribution in [0.4, 0.5) is 32.6 Å². The van der Waals surface area contributed by atoms with E-state index < -0.39 is 55.3 Å². The number of fused-ring (bicyclic) bond motifs is 5. The molecule has 4 saturated heterocycles. The van der Waals surface area contributed by atoms with Gasteiger partial charge in [-0.05, 0) is 145 Å². The van der Waals surface area contributed by atoms with Crippen LogP contribution in [0.3, 0.4) is 0 Å². The molecule has 0 radical (unpaired) electrons. The Morgan fingerprint density at radius 2 is 1.12 bits per heavy atom. The lowest BCUT2D eigenvalue weighted by atomic mass is 10.00. The van der Waals surface area contributed by atoms with Gasteiger partial charge in [0.05, 0.1) is 58.8 Å². The average Bonchev–Trinajstić information content (AvgIpc) is 1.61. The largest absolute Gasteiger partial charge is 0.493 e. The number of carbonyl (C=O) groups excluding carboxylic acids is 8. The standard InChI is InChI=1S/C42H49N7O9.C32H41N5O9/c1-5-17-57-42(54)49-32-23-34(25(2)20-28(32)40(53)48-16-8-6-11-31(48)41(49)58-37-13-7-9-18-56-37)55-19-10-12-36(52)45-35-24-47(4)39(46-35)33(51)22-27-14-15-29-30(21-27)44-38(43-29)26(3)50;1-4-14-45-32(42)37-23-18-24(43-16-9-11-26(38)33-25-19-35(3)28(34-25)31(40)41)20(2)17-21(23)29(39)36-13-7-5-10-22(36)30(37)46-27-12-6-8-15-44-27/h5,14-15,20-21,23-24,31,37,41H,1,6-13,16-19,22H2,2-4H3,(H,43,44)(H,45,52);4,17-19,22,27,30H,1,5-16H2,2-3H3,(H,33,38)(H,40,41)/t31-,37?,41?;22-,27?,30?/m00/s1. The van der Waals surface area contributed by atoms with Crippen LogP contribution in [-0.4, -0.2) is 187 Å². The molecule has 6 atom stereocenters. The number of carboxylic acids is 1. The van der Waals surface area contributed by atoms with E-state index >= 15 is 0 Å². The van der Waals surface area contributed by atoms with Crippen LogP contribution in [0.25, 0.3) is 11.0 Å². The highest BCUT2D eigenvalue weighted by Crippen LogP contribution is 2.43. The lowest BCUT2D eigenvalue weighted by Crippen LogP contribution is -2.57. The zero-order valence-corrected chi connectivity index (χ0v) is 59.3. The van der Waals surface area contributed by atoms with Gasteiger partial charge in [0.25, 0.3) is 11.8 Å². The second kappa shape index (κ2) is 34.3. The van der Waals surface area contributed by atoms with E-state index in [1.807, 2.05) is 18.7 Å². The second-order valence-corrected chi connectivity index (χ2v) is 26.5. The molecule has 3 aromatic heterocycles. The van der Waals surface area contributed by atoms with Crippen molar-refractivity contribution in [1.29, 1.82) is 0 Å². The van der Waals surface area contributed by atoms with Crippen molar-refractivity contribution in [3.8, 4) is 11.5 Å². The number of Topliss-reactive ketones (excluding diaryl/α,β-unsaturated/α-hetero) is 2. The number of nitrogens with one attached hydrogen (secondary N) is 3. The quantitative estimate of drug-likeness (QED) is 0.0235.